The van der Waals surface area contributed by atoms with Gasteiger partial charge in [-0.1, -0.05) is 0 Å². The maximum absolute atomic E-state index is 5.40. The fourth-order valence-electron chi connectivity index (χ4n) is 0.846. The molecule has 0 radical (unpaired) electrons. The number of rotatable bonds is 2. The summed E-state index contributed by atoms with van der Waals surface area (Å²) in [4.78, 5) is 0. The van der Waals surface area contributed by atoms with Crippen molar-refractivity contribution in [2.45, 2.75) is 6.10 Å². The van der Waals surface area contributed by atoms with Crippen molar-refractivity contribution in [2.24, 2.45) is 0 Å². The highest BCUT2D eigenvalue weighted by Crippen LogP contribution is 2.12. The predicted molar refractivity (Wildman–Crippen MR) is 41.2 cm³/mol. The van der Waals surface area contributed by atoms with E-state index in [2.05, 4.69) is 5.32 Å². The Balaban J connectivity index is 2.08. The molecule has 0 aliphatic carbocycles. The molecule has 0 aromatic heterocycles. The Labute approximate surface area is 60.3 Å². The zero-order valence-corrected chi connectivity index (χ0v) is 6.49. The second-order valence-corrected chi connectivity index (χ2v) is 3.22. The van der Waals surface area contributed by atoms with Gasteiger partial charge in [-0.25, -0.2) is 0 Å². The van der Waals surface area contributed by atoms with E-state index in [1.807, 2.05) is 18.8 Å². The molecular weight excluding hydrogens is 134 g/mol. The number of hydrogen-bond donors (Lipinski definition) is 0. The van der Waals surface area contributed by atoms with E-state index >= 15 is 0 Å². The number of likely N-dealkylation sites (N-methyl/N-ethyl adjacent to an activating group) is 1. The van der Waals surface area contributed by atoms with Crippen LogP contribution in [-0.2, 0) is 4.74 Å². The third-order valence-corrected chi connectivity index (χ3v) is 2.33. The summed E-state index contributed by atoms with van der Waals surface area (Å²) in [5.74, 6) is 2.28. The van der Waals surface area contributed by atoms with Crippen molar-refractivity contribution in [3.05, 3.63) is 5.32 Å². The van der Waals surface area contributed by atoms with Crippen molar-refractivity contribution >= 4 is 11.8 Å². The minimum atomic E-state index is 0.397. The average Bonchev–Trinajstić information content (AvgIpc) is 1.91. The Hall–Kier alpha value is 0.270. The maximum Gasteiger partial charge on any atom is 0.0560 e. The van der Waals surface area contributed by atoms with Crippen LogP contribution < -0.4 is 0 Å². The van der Waals surface area contributed by atoms with Gasteiger partial charge in [0.15, 0.2) is 0 Å². The van der Waals surface area contributed by atoms with Crippen molar-refractivity contribution in [3.63, 3.8) is 0 Å². The highest BCUT2D eigenvalue weighted by atomic mass is 32.2. The third-order valence-electron chi connectivity index (χ3n) is 1.27. The fourth-order valence-corrected chi connectivity index (χ4v) is 1.69. The lowest BCUT2D eigenvalue weighted by atomic mass is 10.4. The molecule has 0 saturated carbocycles. The lowest BCUT2D eigenvalue weighted by Gasteiger charge is -2.26. The molecule has 1 saturated heterocycles. The maximum atomic E-state index is 5.40. The van der Waals surface area contributed by atoms with E-state index < -0.39 is 0 Å². The Morgan fingerprint density at radius 2 is 2.67 bits per heavy atom. The van der Waals surface area contributed by atoms with Gasteiger partial charge in [-0.3, -0.25) is 0 Å². The molecule has 0 N–H and O–H groups in total. The van der Waals surface area contributed by atoms with Crippen molar-refractivity contribution in [1.82, 2.24) is 0 Å². The molecule has 1 rings (SSSR count). The topological polar surface area (TPSA) is 23.3 Å². The van der Waals surface area contributed by atoms with Gasteiger partial charge in [-0.2, -0.15) is 18.8 Å². The molecule has 1 unspecified atom stereocenters. The van der Waals surface area contributed by atoms with Crippen LogP contribution >= 0.6 is 11.8 Å². The summed E-state index contributed by atoms with van der Waals surface area (Å²) in [5.41, 5.74) is 0. The van der Waals surface area contributed by atoms with Gasteiger partial charge in [0.25, 0.3) is 0 Å². The molecular formula is C6H12NOS-. The molecule has 1 aliphatic heterocycles. The van der Waals surface area contributed by atoms with E-state index in [1.165, 1.54) is 0 Å². The predicted octanol–water partition coefficient (Wildman–Crippen LogP) is 1.12. The quantitative estimate of drug-likeness (QED) is 0.583. The summed E-state index contributed by atoms with van der Waals surface area (Å²) in [5, 5.41) is 4.02. The van der Waals surface area contributed by atoms with E-state index in [1.54, 1.807) is 0 Å². The normalized spacial score (nSPS) is 28.3. The van der Waals surface area contributed by atoms with Crippen molar-refractivity contribution in [2.75, 3.05) is 31.7 Å². The highest BCUT2D eigenvalue weighted by molar-refractivity contribution is 7.99. The Kier molecular flexibility index (Phi) is 3.40. The van der Waals surface area contributed by atoms with Crippen molar-refractivity contribution < 1.29 is 4.74 Å². The molecule has 1 aliphatic rings. The number of thioether (sulfide) groups is 1. The van der Waals surface area contributed by atoms with Crippen molar-refractivity contribution in [1.29, 1.82) is 0 Å². The minimum Gasteiger partial charge on any atom is -0.663 e. The number of hydrogen-bond acceptors (Lipinski definition) is 2. The van der Waals surface area contributed by atoms with Gasteiger partial charge in [0.1, 0.15) is 0 Å². The lowest BCUT2D eigenvalue weighted by Crippen LogP contribution is -2.25. The first-order valence-corrected chi connectivity index (χ1v) is 4.34. The molecule has 0 amide bonds. The molecule has 3 heteroatoms. The van der Waals surface area contributed by atoms with E-state index in [-0.39, 0.29) is 0 Å². The molecule has 0 aromatic carbocycles. The van der Waals surface area contributed by atoms with Gasteiger partial charge in [-0.05, 0) is 0 Å². The summed E-state index contributed by atoms with van der Waals surface area (Å²) in [6.07, 6.45) is 0.397. The molecule has 54 valence electrons. The van der Waals surface area contributed by atoms with E-state index in [0.29, 0.717) is 6.10 Å². The summed E-state index contributed by atoms with van der Waals surface area (Å²) in [6, 6.07) is 0. The Morgan fingerprint density at radius 1 is 1.78 bits per heavy atom. The summed E-state index contributed by atoms with van der Waals surface area (Å²) >= 11 is 1.96. The zero-order valence-electron chi connectivity index (χ0n) is 5.67. The molecule has 1 heterocycles. The molecule has 9 heavy (non-hydrogen) atoms. The Bertz CT molecular complexity index is 70.7. The smallest absolute Gasteiger partial charge is 0.0560 e. The third kappa shape index (κ3) is 2.56. The monoisotopic (exact) mass is 146 g/mol. The van der Waals surface area contributed by atoms with E-state index in [9.17, 15) is 0 Å². The van der Waals surface area contributed by atoms with Gasteiger partial charge in [-0.15, -0.1) is 6.54 Å². The van der Waals surface area contributed by atoms with Crippen LogP contribution in [0.4, 0.5) is 0 Å². The standard InChI is InChI=1S/C6H12NOS/c1-7-4-6-5-9-3-2-8-6/h6H,2-5H2,1H3/q-1. The van der Waals surface area contributed by atoms with Gasteiger partial charge in [0, 0.05) is 17.6 Å². The van der Waals surface area contributed by atoms with Gasteiger partial charge < -0.3 is 10.1 Å². The average molecular weight is 146 g/mol. The second kappa shape index (κ2) is 4.14. The van der Waals surface area contributed by atoms with Crippen LogP contribution in [0, 0.1) is 0 Å². The van der Waals surface area contributed by atoms with Gasteiger partial charge >= 0.3 is 0 Å². The molecule has 1 atom stereocenters. The Morgan fingerprint density at radius 3 is 3.22 bits per heavy atom. The minimum absolute atomic E-state index is 0.397. The number of ether oxygens (including phenoxy) is 1. The first-order valence-electron chi connectivity index (χ1n) is 3.18. The molecule has 0 bridgehead atoms. The first-order chi connectivity index (χ1) is 4.43. The van der Waals surface area contributed by atoms with Crippen LogP contribution in [-0.4, -0.2) is 37.8 Å². The van der Waals surface area contributed by atoms with Gasteiger partial charge in [0.05, 0.1) is 6.61 Å². The summed E-state index contributed by atoms with van der Waals surface area (Å²) < 4.78 is 5.40. The largest absolute Gasteiger partial charge is 0.663 e. The van der Waals surface area contributed by atoms with Gasteiger partial charge in [0.2, 0.25) is 0 Å². The number of nitrogens with zero attached hydrogens (tertiary/aromatic N) is 1. The summed E-state index contributed by atoms with van der Waals surface area (Å²) in [7, 11) is 1.84. The SMILES string of the molecule is C[N-]CC1CSCCO1. The molecule has 0 spiro atoms. The van der Waals surface area contributed by atoms with Crippen LogP contribution in [0.1, 0.15) is 0 Å². The van der Waals surface area contributed by atoms with Crippen LogP contribution in [0.25, 0.3) is 5.32 Å². The van der Waals surface area contributed by atoms with Crippen LogP contribution in [0.15, 0.2) is 0 Å². The molecule has 2 nitrogen and oxygen atoms in total. The first kappa shape index (κ1) is 7.38. The molecule has 1 fully saturated rings. The summed E-state index contributed by atoms with van der Waals surface area (Å²) in [6.45, 7) is 1.78. The zero-order chi connectivity index (χ0) is 6.53. The molecule has 0 aromatic rings. The van der Waals surface area contributed by atoms with Crippen LogP contribution in [0.3, 0.4) is 0 Å². The lowest BCUT2D eigenvalue weighted by molar-refractivity contribution is 0.0860. The van der Waals surface area contributed by atoms with Crippen LogP contribution in [0.5, 0.6) is 0 Å². The fraction of sp³-hybridized carbons (Fsp3) is 1.00. The highest BCUT2D eigenvalue weighted by Gasteiger charge is 2.08. The van der Waals surface area contributed by atoms with Crippen molar-refractivity contribution in [3.8, 4) is 0 Å². The second-order valence-electron chi connectivity index (χ2n) is 2.07. The van der Waals surface area contributed by atoms with E-state index in [4.69, 9.17) is 4.74 Å². The van der Waals surface area contributed by atoms with E-state index in [0.717, 1.165) is 24.7 Å². The van der Waals surface area contributed by atoms with Crippen LogP contribution in [0.2, 0.25) is 0 Å².